The molecule has 16 heteroatoms. The molecule has 0 saturated heterocycles. The van der Waals surface area contributed by atoms with Crippen LogP contribution in [0.2, 0.25) is 0 Å². The number of carbonyl (C=O) groups excluding carboxylic acids is 2. The summed E-state index contributed by atoms with van der Waals surface area (Å²) in [6.45, 7) is 4.89. The minimum Gasteiger partial charge on any atom is -0.503 e. The molecule has 8 nitrogen and oxygen atoms in total. The highest BCUT2D eigenvalue weighted by Gasteiger charge is 2.41. The number of aromatic hydroxyl groups is 2. The number of nitrogens with zero attached hydrogens (tertiary/aromatic N) is 2. The van der Waals surface area contributed by atoms with Gasteiger partial charge in [0.25, 0.3) is 11.8 Å². The van der Waals surface area contributed by atoms with E-state index in [4.69, 9.17) is 0 Å². The lowest BCUT2D eigenvalue weighted by molar-refractivity contribution is -0.139. The molecule has 0 aliphatic rings. The molecule has 0 saturated carbocycles. The minimum absolute atomic E-state index is 0.0651. The summed E-state index contributed by atoms with van der Waals surface area (Å²) in [6.07, 6.45) is -0.792. The second-order valence-corrected chi connectivity index (χ2v) is 13.3. The number of aryl methyl sites for hydroxylation is 1. The third-order valence-electron chi connectivity index (χ3n) is 9.48. The Balaban J connectivity index is 1.60. The fourth-order valence-corrected chi connectivity index (χ4v) is 7.02. The van der Waals surface area contributed by atoms with Crippen LogP contribution in [0.1, 0.15) is 69.4 Å². The number of fused-ring (bicyclic) bond motifs is 2. The van der Waals surface area contributed by atoms with Crippen LogP contribution in [0.15, 0.2) is 48.5 Å². The smallest absolute Gasteiger partial charge is 0.311 e. The van der Waals surface area contributed by atoms with E-state index in [1.54, 1.807) is 0 Å². The van der Waals surface area contributed by atoms with Crippen LogP contribution in [0.5, 0.6) is 11.5 Å². The molecule has 0 radical (unpaired) electrons. The predicted molar refractivity (Wildman–Crippen MR) is 177 cm³/mol. The third kappa shape index (κ3) is 5.72. The standard InChI is InChI=1S/C38H26F8N2O6/c1-14-9-18-29(44)34(50)31(46)28(32(18)47(14)35(51)16-5-7-20(39)22(41)10-16)38(3,4)13-19(37(53)54)26-15(2)48(25-12-24(43)33(49)30(45)27(25)26)36(52)17-6-8-21(40)23(42)11-17/h5-12,19,49-50H,13H2,1-4H3,(H,53,54). The van der Waals surface area contributed by atoms with Crippen LogP contribution in [-0.2, 0) is 10.2 Å². The first-order chi connectivity index (χ1) is 25.2. The average Bonchev–Trinajstić information content (AvgIpc) is 3.59. The van der Waals surface area contributed by atoms with Gasteiger partial charge < -0.3 is 15.3 Å². The van der Waals surface area contributed by atoms with Crippen molar-refractivity contribution < 1.29 is 64.8 Å². The normalized spacial score (nSPS) is 12.5. The summed E-state index contributed by atoms with van der Waals surface area (Å²) in [5, 5.41) is 30.1. The maximum Gasteiger partial charge on any atom is 0.311 e. The average molecular weight is 759 g/mol. The monoisotopic (exact) mass is 758 g/mol. The summed E-state index contributed by atoms with van der Waals surface area (Å²) < 4.78 is 120. The van der Waals surface area contributed by atoms with Gasteiger partial charge in [-0.1, -0.05) is 13.8 Å². The Hall–Kier alpha value is -6.19. The molecule has 0 fully saturated rings. The Kier molecular flexibility index (Phi) is 9.07. The number of phenolic OH excluding ortho intramolecular Hbond substituents is 2. The number of halogens is 8. The summed E-state index contributed by atoms with van der Waals surface area (Å²) >= 11 is 0. The fourth-order valence-electron chi connectivity index (χ4n) is 7.02. The first kappa shape index (κ1) is 37.6. The lowest BCUT2D eigenvalue weighted by Gasteiger charge is -2.31. The molecule has 2 heterocycles. The zero-order valence-electron chi connectivity index (χ0n) is 28.4. The van der Waals surface area contributed by atoms with Gasteiger partial charge in [-0.3, -0.25) is 23.5 Å². The van der Waals surface area contributed by atoms with Crippen molar-refractivity contribution in [1.29, 1.82) is 0 Å². The molecule has 54 heavy (non-hydrogen) atoms. The number of phenols is 2. The highest BCUT2D eigenvalue weighted by Crippen LogP contribution is 2.47. The lowest BCUT2D eigenvalue weighted by atomic mass is 9.73. The molecule has 280 valence electrons. The number of carboxylic acids is 1. The summed E-state index contributed by atoms with van der Waals surface area (Å²) in [5.41, 5.74) is -5.64. The van der Waals surface area contributed by atoms with E-state index in [0.29, 0.717) is 34.9 Å². The Morgan fingerprint density at radius 1 is 0.685 bits per heavy atom. The van der Waals surface area contributed by atoms with Gasteiger partial charge in [0.15, 0.2) is 58.0 Å². The maximum absolute atomic E-state index is 16.3. The van der Waals surface area contributed by atoms with Gasteiger partial charge in [0.1, 0.15) is 0 Å². The van der Waals surface area contributed by atoms with E-state index >= 15 is 13.2 Å². The van der Waals surface area contributed by atoms with Gasteiger partial charge in [-0.25, -0.2) is 35.1 Å². The molecule has 0 bridgehead atoms. The van der Waals surface area contributed by atoms with Crippen molar-refractivity contribution >= 4 is 39.6 Å². The van der Waals surface area contributed by atoms with Crippen molar-refractivity contribution in [2.24, 2.45) is 0 Å². The van der Waals surface area contributed by atoms with Gasteiger partial charge in [0.05, 0.1) is 17.0 Å². The highest BCUT2D eigenvalue weighted by atomic mass is 19.2. The van der Waals surface area contributed by atoms with Gasteiger partial charge in [-0.05, 0) is 73.7 Å². The summed E-state index contributed by atoms with van der Waals surface area (Å²) in [5.74, 6) is -20.9. The first-order valence-electron chi connectivity index (χ1n) is 15.9. The molecule has 1 unspecified atom stereocenters. The number of carboxylic acid groups (broad SMARTS) is 1. The molecule has 6 rings (SSSR count). The van der Waals surface area contributed by atoms with Gasteiger partial charge >= 0.3 is 5.97 Å². The quantitative estimate of drug-likeness (QED) is 0.140. The Bertz CT molecular complexity index is 2630. The van der Waals surface area contributed by atoms with E-state index in [1.165, 1.54) is 20.8 Å². The molecular formula is C38H26F8N2O6. The molecule has 0 amide bonds. The van der Waals surface area contributed by atoms with Crippen molar-refractivity contribution in [2.75, 3.05) is 0 Å². The van der Waals surface area contributed by atoms with Crippen LogP contribution in [0.3, 0.4) is 0 Å². The van der Waals surface area contributed by atoms with Crippen LogP contribution in [0, 0.1) is 60.4 Å². The van der Waals surface area contributed by atoms with Crippen molar-refractivity contribution in [1.82, 2.24) is 9.13 Å². The molecule has 4 aromatic carbocycles. The van der Waals surface area contributed by atoms with Crippen LogP contribution in [-0.4, -0.2) is 42.2 Å². The van der Waals surface area contributed by atoms with Crippen LogP contribution >= 0.6 is 0 Å². The Labute approximate surface area is 299 Å². The van der Waals surface area contributed by atoms with Gasteiger partial charge in [-0.2, -0.15) is 0 Å². The summed E-state index contributed by atoms with van der Waals surface area (Å²) in [4.78, 5) is 40.6. The minimum atomic E-state index is -1.99. The number of carbonyl (C=O) groups is 3. The van der Waals surface area contributed by atoms with Crippen LogP contribution < -0.4 is 0 Å². The van der Waals surface area contributed by atoms with Gasteiger partial charge in [-0.15, -0.1) is 0 Å². The first-order valence-corrected chi connectivity index (χ1v) is 15.9. The van der Waals surface area contributed by atoms with Gasteiger partial charge in [0.2, 0.25) is 0 Å². The number of hydrogen-bond donors (Lipinski definition) is 3. The van der Waals surface area contributed by atoms with E-state index in [-0.39, 0.29) is 11.4 Å². The van der Waals surface area contributed by atoms with Crippen LogP contribution in [0.25, 0.3) is 21.8 Å². The van der Waals surface area contributed by atoms with Crippen molar-refractivity contribution in [3.63, 3.8) is 0 Å². The second kappa shape index (κ2) is 13.0. The van der Waals surface area contributed by atoms with Crippen molar-refractivity contribution in [3.8, 4) is 11.5 Å². The SMILES string of the molecule is Cc1c(C(CC(C)(C)c2c(F)c(O)c(F)c3cc(C)n(C(=O)c4ccc(F)c(F)c4)c23)C(=O)O)c2c(F)c(O)c(F)cc2n1C(=O)c1ccc(F)c(F)c1. The number of rotatable bonds is 7. The van der Waals surface area contributed by atoms with E-state index in [1.807, 2.05) is 0 Å². The van der Waals surface area contributed by atoms with Crippen LogP contribution in [0.4, 0.5) is 35.1 Å². The molecular weight excluding hydrogens is 732 g/mol. The van der Waals surface area contributed by atoms with E-state index in [9.17, 15) is 51.7 Å². The molecule has 6 aromatic rings. The molecule has 0 spiro atoms. The zero-order chi connectivity index (χ0) is 39.9. The van der Waals surface area contributed by atoms with Crippen molar-refractivity contribution in [2.45, 2.75) is 45.4 Å². The second-order valence-electron chi connectivity index (χ2n) is 13.3. The number of aromatic nitrogens is 2. The van der Waals surface area contributed by atoms with Crippen molar-refractivity contribution in [3.05, 3.63) is 129 Å². The molecule has 0 aliphatic heterocycles. The maximum atomic E-state index is 16.3. The zero-order valence-corrected chi connectivity index (χ0v) is 28.4. The largest absolute Gasteiger partial charge is 0.503 e. The predicted octanol–water partition coefficient (Wildman–Crippen LogP) is 8.65. The number of aliphatic carboxylic acids is 1. The van der Waals surface area contributed by atoms with Gasteiger partial charge in [0, 0.05) is 44.9 Å². The fraction of sp³-hybridized carbons (Fsp3) is 0.184. The summed E-state index contributed by atoms with van der Waals surface area (Å²) in [6, 6.07) is 5.68. The van der Waals surface area contributed by atoms with E-state index in [2.05, 4.69) is 0 Å². The molecule has 0 aliphatic carbocycles. The van der Waals surface area contributed by atoms with E-state index in [0.717, 1.165) is 29.7 Å². The third-order valence-corrected chi connectivity index (χ3v) is 9.48. The van der Waals surface area contributed by atoms with E-state index < -0.39 is 138 Å². The summed E-state index contributed by atoms with van der Waals surface area (Å²) in [7, 11) is 0. The lowest BCUT2D eigenvalue weighted by Crippen LogP contribution is -2.28. The molecule has 1 atom stereocenters. The topological polar surface area (TPSA) is 122 Å². The molecule has 3 N–H and O–H groups in total. The number of benzene rings is 4. The molecule has 2 aromatic heterocycles. The number of hydrogen-bond acceptors (Lipinski definition) is 5. The Morgan fingerprint density at radius 3 is 1.74 bits per heavy atom. The highest BCUT2D eigenvalue weighted by molar-refractivity contribution is 6.06. The Morgan fingerprint density at radius 2 is 1.22 bits per heavy atom.